The molecule has 2 N–H and O–H groups in total. The van der Waals surface area contributed by atoms with Crippen LogP contribution in [-0.2, 0) is 10.2 Å². The van der Waals surface area contributed by atoms with Crippen molar-refractivity contribution in [3.05, 3.63) is 42.2 Å². The summed E-state index contributed by atoms with van der Waals surface area (Å²) in [6.45, 7) is 3.84. The Kier molecular flexibility index (Phi) is 5.18. The lowest BCUT2D eigenvalue weighted by Gasteiger charge is -2.28. The first-order valence-electron chi connectivity index (χ1n) is 9.48. The second-order valence-corrected chi connectivity index (χ2v) is 7.77. The molecular weight excluding hydrogens is 380 g/mol. The molecule has 0 amide bonds. The molecule has 1 saturated heterocycles. The van der Waals surface area contributed by atoms with Gasteiger partial charge in [0.05, 0.1) is 47.3 Å². The molecule has 3 aromatic heterocycles. The van der Waals surface area contributed by atoms with E-state index in [-0.39, 0.29) is 12.6 Å². The van der Waals surface area contributed by atoms with E-state index >= 15 is 0 Å². The average Bonchev–Trinajstić information content (AvgIpc) is 3.13. The van der Waals surface area contributed by atoms with Gasteiger partial charge in [0, 0.05) is 12.8 Å². The van der Waals surface area contributed by atoms with Gasteiger partial charge >= 0.3 is 0 Å². The number of hydrogen-bond acceptors (Lipinski definition) is 6. The van der Waals surface area contributed by atoms with Crippen molar-refractivity contribution >= 4 is 11.5 Å². The smallest absolute Gasteiger partial charge is 0.247 e. The first-order valence-corrected chi connectivity index (χ1v) is 9.48. The predicted molar refractivity (Wildman–Crippen MR) is 104 cm³/mol. The Morgan fingerprint density at radius 1 is 1.21 bits per heavy atom. The number of hydrogen-bond donors (Lipinski definition) is 2. The van der Waals surface area contributed by atoms with Crippen molar-refractivity contribution in [1.82, 2.24) is 19.6 Å². The summed E-state index contributed by atoms with van der Waals surface area (Å²) in [4.78, 5) is 8.70. The molecule has 0 aromatic carbocycles. The summed E-state index contributed by atoms with van der Waals surface area (Å²) in [5, 5.41) is 17.7. The summed E-state index contributed by atoms with van der Waals surface area (Å²) in [7, 11) is 0. The Hall–Kier alpha value is -2.65. The van der Waals surface area contributed by atoms with Crippen LogP contribution in [0.5, 0.6) is 0 Å². The second kappa shape index (κ2) is 7.64. The lowest BCUT2D eigenvalue weighted by Crippen LogP contribution is -2.42. The standard InChI is InChI=1S/C20H23F2N5O2/c1-20(2,18(21)22)12-3-5-14(23-9-12)16-6-4-13-10-24-19(26-27(13)16)25-15-7-8-29-11-17(15)28/h3-6,9-10,15,17-18,28H,7-8,11H2,1-2H3,(H,25,26)/t15-,17-/m1/s1. The van der Waals surface area contributed by atoms with Gasteiger partial charge in [-0.15, -0.1) is 5.10 Å². The Morgan fingerprint density at radius 3 is 2.72 bits per heavy atom. The van der Waals surface area contributed by atoms with E-state index in [0.717, 1.165) is 11.2 Å². The maximum Gasteiger partial charge on any atom is 0.247 e. The lowest BCUT2D eigenvalue weighted by molar-refractivity contribution is -0.0136. The molecule has 3 aromatic rings. The largest absolute Gasteiger partial charge is 0.389 e. The summed E-state index contributed by atoms with van der Waals surface area (Å²) in [5.74, 6) is 0.386. The molecular formula is C20H23F2N5O2. The molecule has 4 heterocycles. The minimum Gasteiger partial charge on any atom is -0.389 e. The molecule has 2 atom stereocenters. The number of alkyl halides is 2. The van der Waals surface area contributed by atoms with Crippen LogP contribution in [-0.4, -0.2) is 56.5 Å². The topological polar surface area (TPSA) is 84.6 Å². The van der Waals surface area contributed by atoms with E-state index in [2.05, 4.69) is 20.4 Å². The van der Waals surface area contributed by atoms with Gasteiger partial charge in [-0.05, 0) is 30.2 Å². The number of rotatable bonds is 5. The monoisotopic (exact) mass is 403 g/mol. The number of nitrogens with zero attached hydrogens (tertiary/aromatic N) is 4. The van der Waals surface area contributed by atoms with E-state index in [1.54, 1.807) is 22.8 Å². The third kappa shape index (κ3) is 3.79. The molecule has 0 spiro atoms. The molecule has 29 heavy (non-hydrogen) atoms. The Bertz CT molecular complexity index is 990. The first-order chi connectivity index (χ1) is 13.9. The zero-order chi connectivity index (χ0) is 20.6. The van der Waals surface area contributed by atoms with Gasteiger partial charge < -0.3 is 15.2 Å². The molecule has 0 aliphatic carbocycles. The van der Waals surface area contributed by atoms with Crippen LogP contribution in [0, 0.1) is 0 Å². The molecule has 0 radical (unpaired) electrons. The highest BCUT2D eigenvalue weighted by atomic mass is 19.3. The number of nitrogens with one attached hydrogen (secondary N) is 1. The first kappa shape index (κ1) is 19.7. The summed E-state index contributed by atoms with van der Waals surface area (Å²) in [6.07, 6.45) is 0.716. The number of fused-ring (bicyclic) bond motifs is 1. The van der Waals surface area contributed by atoms with Crippen molar-refractivity contribution in [2.24, 2.45) is 0 Å². The highest BCUT2D eigenvalue weighted by molar-refractivity contribution is 5.63. The normalized spacial score (nSPS) is 20.3. The molecule has 1 aliphatic rings. The lowest BCUT2D eigenvalue weighted by atomic mass is 9.86. The predicted octanol–water partition coefficient (Wildman–Crippen LogP) is 2.90. The number of aromatic nitrogens is 4. The van der Waals surface area contributed by atoms with Crippen molar-refractivity contribution in [1.29, 1.82) is 0 Å². The third-order valence-electron chi connectivity index (χ3n) is 5.35. The Balaban J connectivity index is 1.62. The molecule has 7 nitrogen and oxygen atoms in total. The molecule has 4 rings (SSSR count). The maximum absolute atomic E-state index is 13.3. The number of ether oxygens (including phenoxy) is 1. The SMILES string of the molecule is CC(C)(c1ccc(-c2ccc3cnc(N[C@@H]4CCOC[C@H]4O)nn23)nc1)C(F)F. The fourth-order valence-electron chi connectivity index (χ4n) is 3.27. The van der Waals surface area contributed by atoms with E-state index in [1.807, 2.05) is 12.1 Å². The Labute approximate surface area is 166 Å². The molecule has 1 fully saturated rings. The van der Waals surface area contributed by atoms with E-state index in [4.69, 9.17) is 4.74 Å². The van der Waals surface area contributed by atoms with Crippen molar-refractivity contribution in [2.75, 3.05) is 18.5 Å². The second-order valence-electron chi connectivity index (χ2n) is 7.77. The van der Waals surface area contributed by atoms with E-state index in [9.17, 15) is 13.9 Å². The number of pyridine rings is 1. The van der Waals surface area contributed by atoms with Crippen LogP contribution in [0.4, 0.5) is 14.7 Å². The van der Waals surface area contributed by atoms with Crippen LogP contribution in [0.1, 0.15) is 25.8 Å². The van der Waals surface area contributed by atoms with Crippen LogP contribution < -0.4 is 5.32 Å². The van der Waals surface area contributed by atoms with Crippen LogP contribution in [0.2, 0.25) is 0 Å². The van der Waals surface area contributed by atoms with Crippen molar-refractivity contribution in [3.63, 3.8) is 0 Å². The zero-order valence-electron chi connectivity index (χ0n) is 16.2. The molecule has 9 heteroatoms. The van der Waals surface area contributed by atoms with Crippen LogP contribution in [0.3, 0.4) is 0 Å². The van der Waals surface area contributed by atoms with Gasteiger partial charge in [-0.25, -0.2) is 18.3 Å². The van der Waals surface area contributed by atoms with Gasteiger partial charge in [0.2, 0.25) is 12.4 Å². The van der Waals surface area contributed by atoms with Gasteiger partial charge in [0.25, 0.3) is 0 Å². The molecule has 0 bridgehead atoms. The molecule has 0 unspecified atom stereocenters. The van der Waals surface area contributed by atoms with Gasteiger partial charge in [0.1, 0.15) is 0 Å². The summed E-state index contributed by atoms with van der Waals surface area (Å²) in [5.41, 5.74) is 1.32. The maximum atomic E-state index is 13.3. The van der Waals surface area contributed by atoms with Crippen molar-refractivity contribution < 1.29 is 18.6 Å². The number of aliphatic hydroxyl groups is 1. The minimum absolute atomic E-state index is 0.186. The van der Waals surface area contributed by atoms with Crippen LogP contribution >= 0.6 is 0 Å². The van der Waals surface area contributed by atoms with Gasteiger partial charge in [0.15, 0.2) is 0 Å². The molecule has 1 aliphatic heterocycles. The fourth-order valence-corrected chi connectivity index (χ4v) is 3.27. The van der Waals surface area contributed by atoms with Crippen molar-refractivity contribution in [3.8, 4) is 11.4 Å². The quantitative estimate of drug-likeness (QED) is 0.682. The Morgan fingerprint density at radius 2 is 2.03 bits per heavy atom. The van der Waals surface area contributed by atoms with Crippen LogP contribution in [0.15, 0.2) is 36.7 Å². The fraction of sp³-hybridized carbons (Fsp3) is 0.450. The highest BCUT2D eigenvalue weighted by Gasteiger charge is 2.32. The number of aliphatic hydroxyl groups excluding tert-OH is 1. The molecule has 0 saturated carbocycles. The minimum atomic E-state index is -2.48. The van der Waals surface area contributed by atoms with Crippen molar-refractivity contribution in [2.45, 2.75) is 44.3 Å². The highest BCUT2D eigenvalue weighted by Crippen LogP contribution is 2.31. The zero-order valence-corrected chi connectivity index (χ0v) is 16.2. The van der Waals surface area contributed by atoms with Gasteiger partial charge in [-0.3, -0.25) is 4.98 Å². The van der Waals surface area contributed by atoms with E-state index < -0.39 is 17.9 Å². The summed E-state index contributed by atoms with van der Waals surface area (Å²) in [6, 6.07) is 6.93. The summed E-state index contributed by atoms with van der Waals surface area (Å²) < 4.78 is 33.5. The van der Waals surface area contributed by atoms with Crippen LogP contribution in [0.25, 0.3) is 16.9 Å². The number of halogens is 2. The average molecular weight is 403 g/mol. The van der Waals surface area contributed by atoms with E-state index in [1.165, 1.54) is 20.0 Å². The van der Waals surface area contributed by atoms with Gasteiger partial charge in [-0.2, -0.15) is 0 Å². The summed E-state index contributed by atoms with van der Waals surface area (Å²) >= 11 is 0. The third-order valence-corrected chi connectivity index (χ3v) is 5.35. The van der Waals surface area contributed by atoms with Gasteiger partial charge in [-0.1, -0.05) is 19.9 Å². The number of anilines is 1. The van der Waals surface area contributed by atoms with E-state index in [0.29, 0.717) is 30.2 Å². The molecule has 154 valence electrons.